The average Bonchev–Trinajstić information content (AvgIpc) is 3.17. The van der Waals surface area contributed by atoms with Crippen LogP contribution in [0.25, 0.3) is 11.4 Å². The van der Waals surface area contributed by atoms with Gasteiger partial charge < -0.3 is 5.32 Å². The fourth-order valence-electron chi connectivity index (χ4n) is 2.92. The molecule has 1 aromatic heterocycles. The second-order valence-corrected chi connectivity index (χ2v) is 7.27. The molecular formula is C23H18ClFN4O. The van der Waals surface area contributed by atoms with Crippen molar-refractivity contribution in [3.8, 4) is 11.4 Å². The quantitative estimate of drug-likeness (QED) is 0.473. The standard InChI is InChI=1S/C23H18ClFN4O/c1-15-5-9-17(10-6-15)21-27-23(26-14-16-7-11-20(25)12-8-16)29(28-21)22(30)18-3-2-4-19(24)13-18/h2-13H,14H2,1H3,(H,26,27,28). The van der Waals surface area contributed by atoms with Crippen LogP contribution >= 0.6 is 11.6 Å². The van der Waals surface area contributed by atoms with Crippen molar-refractivity contribution in [1.29, 1.82) is 0 Å². The molecule has 0 aliphatic heterocycles. The molecule has 0 bridgehead atoms. The number of aryl methyl sites for hydroxylation is 1. The molecule has 0 spiro atoms. The molecule has 4 rings (SSSR count). The summed E-state index contributed by atoms with van der Waals surface area (Å²) in [6, 6.07) is 20.5. The van der Waals surface area contributed by atoms with Crippen LogP contribution in [0.4, 0.5) is 10.3 Å². The van der Waals surface area contributed by atoms with Crippen LogP contribution in [-0.2, 0) is 6.54 Å². The van der Waals surface area contributed by atoms with E-state index in [4.69, 9.17) is 11.6 Å². The summed E-state index contributed by atoms with van der Waals surface area (Å²) < 4.78 is 14.4. The molecule has 1 N–H and O–H groups in total. The van der Waals surface area contributed by atoms with E-state index in [2.05, 4.69) is 15.4 Å². The van der Waals surface area contributed by atoms with Crippen molar-refractivity contribution in [2.45, 2.75) is 13.5 Å². The van der Waals surface area contributed by atoms with E-state index in [1.165, 1.54) is 16.8 Å². The lowest BCUT2D eigenvalue weighted by Crippen LogP contribution is -2.17. The maximum atomic E-state index is 13.2. The Kier molecular flexibility index (Phi) is 5.59. The summed E-state index contributed by atoms with van der Waals surface area (Å²) >= 11 is 6.04. The third-order valence-electron chi connectivity index (χ3n) is 4.54. The summed E-state index contributed by atoms with van der Waals surface area (Å²) in [6.45, 7) is 2.35. The van der Waals surface area contributed by atoms with E-state index < -0.39 is 0 Å². The highest BCUT2D eigenvalue weighted by Gasteiger charge is 2.19. The van der Waals surface area contributed by atoms with Gasteiger partial charge in [-0.3, -0.25) is 4.79 Å². The topological polar surface area (TPSA) is 59.8 Å². The smallest absolute Gasteiger partial charge is 0.281 e. The summed E-state index contributed by atoms with van der Waals surface area (Å²) in [6.07, 6.45) is 0. The van der Waals surface area contributed by atoms with Gasteiger partial charge in [-0.05, 0) is 42.8 Å². The normalized spacial score (nSPS) is 10.8. The third-order valence-corrected chi connectivity index (χ3v) is 4.78. The van der Waals surface area contributed by atoms with Crippen molar-refractivity contribution >= 4 is 23.5 Å². The van der Waals surface area contributed by atoms with Crippen LogP contribution in [0.2, 0.25) is 5.02 Å². The highest BCUT2D eigenvalue weighted by molar-refractivity contribution is 6.31. The molecule has 1 heterocycles. The minimum Gasteiger partial charge on any atom is -0.350 e. The zero-order valence-corrected chi connectivity index (χ0v) is 16.9. The van der Waals surface area contributed by atoms with Crippen molar-refractivity contribution < 1.29 is 9.18 Å². The van der Waals surface area contributed by atoms with E-state index in [9.17, 15) is 9.18 Å². The number of carbonyl (C=O) groups excluding carboxylic acids is 1. The summed E-state index contributed by atoms with van der Waals surface area (Å²) in [5, 5.41) is 8.02. The molecule has 0 aliphatic rings. The number of rotatable bonds is 5. The van der Waals surface area contributed by atoms with Crippen LogP contribution in [0.5, 0.6) is 0 Å². The van der Waals surface area contributed by atoms with Crippen molar-refractivity contribution in [2.24, 2.45) is 0 Å². The molecule has 0 fully saturated rings. The van der Waals surface area contributed by atoms with E-state index in [0.717, 1.165) is 16.7 Å². The van der Waals surface area contributed by atoms with Crippen LogP contribution in [0, 0.1) is 12.7 Å². The van der Waals surface area contributed by atoms with Gasteiger partial charge in [-0.2, -0.15) is 9.67 Å². The van der Waals surface area contributed by atoms with Gasteiger partial charge in [-0.15, -0.1) is 5.10 Å². The highest BCUT2D eigenvalue weighted by Crippen LogP contribution is 2.21. The first kappa shape index (κ1) is 19.8. The zero-order valence-electron chi connectivity index (χ0n) is 16.1. The lowest BCUT2D eigenvalue weighted by Gasteiger charge is -2.07. The molecule has 7 heteroatoms. The number of anilines is 1. The Labute approximate surface area is 178 Å². The Bertz CT molecular complexity index is 1190. The van der Waals surface area contributed by atoms with Gasteiger partial charge in [0.05, 0.1) is 0 Å². The van der Waals surface area contributed by atoms with Gasteiger partial charge in [0, 0.05) is 22.7 Å². The van der Waals surface area contributed by atoms with Crippen LogP contribution in [0.1, 0.15) is 21.5 Å². The average molecular weight is 421 g/mol. The number of halogens is 2. The minimum atomic E-state index is -0.357. The SMILES string of the molecule is Cc1ccc(-c2nc(NCc3ccc(F)cc3)n(C(=O)c3cccc(Cl)c3)n2)cc1. The molecule has 5 nitrogen and oxygen atoms in total. The third kappa shape index (κ3) is 4.39. The Morgan fingerprint density at radius 2 is 1.80 bits per heavy atom. The Balaban J connectivity index is 1.69. The van der Waals surface area contributed by atoms with Gasteiger partial charge >= 0.3 is 0 Å². The molecule has 0 atom stereocenters. The molecule has 3 aromatic carbocycles. The minimum absolute atomic E-state index is 0.292. The molecule has 0 aliphatic carbocycles. The molecular weight excluding hydrogens is 403 g/mol. The summed E-state index contributed by atoms with van der Waals surface area (Å²) in [5.41, 5.74) is 3.15. The maximum absolute atomic E-state index is 13.2. The van der Waals surface area contributed by atoms with Gasteiger partial charge in [0.1, 0.15) is 5.82 Å². The molecule has 0 radical (unpaired) electrons. The molecule has 0 saturated carbocycles. The number of nitrogens with zero attached hydrogens (tertiary/aromatic N) is 3. The van der Waals surface area contributed by atoms with Crippen molar-refractivity contribution in [2.75, 3.05) is 5.32 Å². The highest BCUT2D eigenvalue weighted by atomic mass is 35.5. The van der Waals surface area contributed by atoms with Gasteiger partial charge in [0.15, 0.2) is 5.82 Å². The Morgan fingerprint density at radius 1 is 1.07 bits per heavy atom. The van der Waals surface area contributed by atoms with Crippen LogP contribution in [0.15, 0.2) is 72.8 Å². The van der Waals surface area contributed by atoms with Crippen LogP contribution < -0.4 is 5.32 Å². The van der Waals surface area contributed by atoms with Crippen LogP contribution in [0.3, 0.4) is 0 Å². The van der Waals surface area contributed by atoms with Gasteiger partial charge in [0.2, 0.25) is 5.95 Å². The largest absolute Gasteiger partial charge is 0.350 e. The number of aromatic nitrogens is 3. The lowest BCUT2D eigenvalue weighted by atomic mass is 10.1. The van der Waals surface area contributed by atoms with Crippen molar-refractivity contribution in [3.63, 3.8) is 0 Å². The molecule has 30 heavy (non-hydrogen) atoms. The van der Waals surface area contributed by atoms with E-state index in [1.54, 1.807) is 36.4 Å². The monoisotopic (exact) mass is 420 g/mol. The van der Waals surface area contributed by atoms with E-state index in [1.807, 2.05) is 31.2 Å². The predicted molar refractivity (Wildman–Crippen MR) is 115 cm³/mol. The fourth-order valence-corrected chi connectivity index (χ4v) is 3.11. The second-order valence-electron chi connectivity index (χ2n) is 6.83. The summed E-state index contributed by atoms with van der Waals surface area (Å²) in [5.74, 6) is 0.0523. The maximum Gasteiger partial charge on any atom is 0.281 e. The Morgan fingerprint density at radius 3 is 2.50 bits per heavy atom. The molecule has 0 unspecified atom stereocenters. The lowest BCUT2D eigenvalue weighted by molar-refractivity contribution is 0.0947. The fraction of sp³-hybridized carbons (Fsp3) is 0.0870. The van der Waals surface area contributed by atoms with E-state index in [0.29, 0.717) is 28.9 Å². The molecule has 0 amide bonds. The summed E-state index contributed by atoms with van der Waals surface area (Å²) in [4.78, 5) is 17.6. The van der Waals surface area contributed by atoms with E-state index in [-0.39, 0.29) is 11.7 Å². The molecule has 0 saturated heterocycles. The Hall–Kier alpha value is -3.51. The summed E-state index contributed by atoms with van der Waals surface area (Å²) in [7, 11) is 0. The number of carbonyl (C=O) groups is 1. The first-order chi connectivity index (χ1) is 14.5. The number of benzene rings is 3. The second kappa shape index (κ2) is 8.47. The van der Waals surface area contributed by atoms with Crippen molar-refractivity contribution in [1.82, 2.24) is 14.8 Å². The van der Waals surface area contributed by atoms with Gasteiger partial charge in [-0.25, -0.2) is 4.39 Å². The van der Waals surface area contributed by atoms with Crippen molar-refractivity contribution in [3.05, 3.63) is 100 Å². The first-order valence-corrected chi connectivity index (χ1v) is 9.70. The van der Waals surface area contributed by atoms with Gasteiger partial charge in [-0.1, -0.05) is 59.6 Å². The molecule has 4 aromatic rings. The number of hydrogen-bond donors (Lipinski definition) is 1. The number of nitrogens with one attached hydrogen (secondary N) is 1. The predicted octanol–water partition coefficient (Wildman–Crippen LogP) is 5.35. The van der Waals surface area contributed by atoms with Gasteiger partial charge in [0.25, 0.3) is 5.91 Å². The zero-order chi connectivity index (χ0) is 21.1. The number of hydrogen-bond acceptors (Lipinski definition) is 4. The van der Waals surface area contributed by atoms with Crippen LogP contribution in [-0.4, -0.2) is 20.7 Å². The van der Waals surface area contributed by atoms with E-state index >= 15 is 0 Å². The first-order valence-electron chi connectivity index (χ1n) is 9.32. The molecule has 150 valence electrons.